The van der Waals surface area contributed by atoms with Gasteiger partial charge in [0.15, 0.2) is 0 Å². The number of para-hydroxylation sites is 1. The molecule has 1 fully saturated rings. The first kappa shape index (κ1) is 12.6. The maximum absolute atomic E-state index is 14.8. The average Bonchev–Trinajstić information content (AvgIpc) is 2.76. The van der Waals surface area contributed by atoms with Crippen molar-refractivity contribution in [2.24, 2.45) is 5.92 Å². The molecule has 1 saturated heterocycles. The molecule has 0 atom stereocenters. The van der Waals surface area contributed by atoms with Gasteiger partial charge in [-0.2, -0.15) is 0 Å². The maximum Gasteiger partial charge on any atom is 0.278 e. The van der Waals surface area contributed by atoms with E-state index in [2.05, 4.69) is 10.3 Å². The molecule has 3 rings (SSSR count). The zero-order valence-electron chi connectivity index (χ0n) is 11.0. The smallest absolute Gasteiger partial charge is 0.278 e. The van der Waals surface area contributed by atoms with Crippen molar-refractivity contribution >= 4 is 10.9 Å². The third kappa shape index (κ3) is 2.04. The van der Waals surface area contributed by atoms with Crippen LogP contribution in [0.5, 0.6) is 0 Å². The zero-order chi connectivity index (χ0) is 13.5. The summed E-state index contributed by atoms with van der Waals surface area (Å²) in [7, 11) is 0. The highest BCUT2D eigenvalue weighted by atomic mass is 19.3. The third-order valence-corrected chi connectivity index (χ3v) is 4.08. The van der Waals surface area contributed by atoms with Gasteiger partial charge in [-0.25, -0.2) is 8.78 Å². The van der Waals surface area contributed by atoms with E-state index >= 15 is 0 Å². The van der Waals surface area contributed by atoms with Crippen molar-refractivity contribution in [3.05, 3.63) is 35.5 Å². The summed E-state index contributed by atoms with van der Waals surface area (Å²) >= 11 is 0. The van der Waals surface area contributed by atoms with Crippen LogP contribution in [0.25, 0.3) is 10.9 Å². The minimum atomic E-state index is -2.76. The lowest BCUT2D eigenvalue weighted by molar-refractivity contribution is -0.0745. The topological polar surface area (TPSA) is 27.8 Å². The first-order chi connectivity index (χ1) is 9.10. The summed E-state index contributed by atoms with van der Waals surface area (Å²) < 4.78 is 29.6. The molecule has 0 amide bonds. The number of aryl methyl sites for hydroxylation is 1. The number of fused-ring (bicyclic) bond motifs is 1. The van der Waals surface area contributed by atoms with E-state index in [1.165, 1.54) is 0 Å². The second-order valence-corrected chi connectivity index (χ2v) is 5.32. The van der Waals surface area contributed by atoms with Crippen LogP contribution in [0.3, 0.4) is 0 Å². The van der Waals surface area contributed by atoms with E-state index in [0.717, 1.165) is 5.52 Å². The van der Waals surface area contributed by atoms with Gasteiger partial charge in [0.05, 0.1) is 0 Å². The molecule has 102 valence electrons. The number of alkyl halides is 2. The molecule has 0 bridgehead atoms. The van der Waals surface area contributed by atoms with Gasteiger partial charge in [-0.3, -0.25) is 0 Å². The monoisotopic (exact) mass is 264 g/mol. The molecule has 4 heteroatoms. The fourth-order valence-corrected chi connectivity index (χ4v) is 3.09. The van der Waals surface area contributed by atoms with Crippen LogP contribution >= 0.6 is 0 Å². The average molecular weight is 264 g/mol. The molecule has 1 aliphatic heterocycles. The van der Waals surface area contributed by atoms with Crippen molar-refractivity contribution in [3.8, 4) is 0 Å². The number of halogens is 2. The summed E-state index contributed by atoms with van der Waals surface area (Å²) in [4.78, 5) is 3.08. The molecule has 1 aromatic heterocycles. The van der Waals surface area contributed by atoms with Gasteiger partial charge in [-0.1, -0.05) is 18.2 Å². The normalized spacial score (nSPS) is 18.1. The lowest BCUT2D eigenvalue weighted by atomic mass is 9.86. The lowest BCUT2D eigenvalue weighted by Crippen LogP contribution is -2.36. The Hall–Kier alpha value is -1.42. The van der Waals surface area contributed by atoms with Crippen LogP contribution in [0.1, 0.15) is 24.1 Å². The van der Waals surface area contributed by atoms with Gasteiger partial charge in [-0.15, -0.1) is 0 Å². The fraction of sp³-hybridized carbons (Fsp3) is 0.467. The first-order valence-electron chi connectivity index (χ1n) is 6.77. The molecular formula is C15H18F2N2. The van der Waals surface area contributed by atoms with E-state index in [9.17, 15) is 8.78 Å². The number of hydrogen-bond acceptors (Lipinski definition) is 1. The Labute approximate surface area is 111 Å². The number of aromatic nitrogens is 1. The summed E-state index contributed by atoms with van der Waals surface area (Å²) in [6.07, 6.45) is 1.07. The molecule has 0 unspecified atom stereocenters. The Morgan fingerprint density at radius 3 is 2.58 bits per heavy atom. The van der Waals surface area contributed by atoms with Crippen LogP contribution < -0.4 is 5.32 Å². The van der Waals surface area contributed by atoms with Crippen LogP contribution in [-0.4, -0.2) is 18.1 Å². The van der Waals surface area contributed by atoms with Crippen molar-refractivity contribution in [2.45, 2.75) is 25.7 Å². The summed E-state index contributed by atoms with van der Waals surface area (Å²) in [6, 6.07) is 7.32. The van der Waals surface area contributed by atoms with Gasteiger partial charge >= 0.3 is 0 Å². The number of H-pyrrole nitrogens is 1. The van der Waals surface area contributed by atoms with E-state index in [1.54, 1.807) is 13.0 Å². The van der Waals surface area contributed by atoms with Gasteiger partial charge in [0.25, 0.3) is 5.92 Å². The summed E-state index contributed by atoms with van der Waals surface area (Å²) in [5, 5.41) is 3.80. The van der Waals surface area contributed by atoms with Crippen LogP contribution in [-0.2, 0) is 5.92 Å². The highest BCUT2D eigenvalue weighted by molar-refractivity contribution is 5.85. The van der Waals surface area contributed by atoms with Gasteiger partial charge in [0, 0.05) is 28.1 Å². The maximum atomic E-state index is 14.8. The van der Waals surface area contributed by atoms with Crippen LogP contribution in [0.15, 0.2) is 24.3 Å². The molecule has 2 nitrogen and oxygen atoms in total. The van der Waals surface area contributed by atoms with Crippen LogP contribution in [0.2, 0.25) is 0 Å². The van der Waals surface area contributed by atoms with E-state index in [-0.39, 0.29) is 5.56 Å². The van der Waals surface area contributed by atoms with Crippen molar-refractivity contribution in [3.63, 3.8) is 0 Å². The highest BCUT2D eigenvalue weighted by Gasteiger charge is 2.44. The van der Waals surface area contributed by atoms with Gasteiger partial charge in [0.1, 0.15) is 0 Å². The lowest BCUT2D eigenvalue weighted by Gasteiger charge is -2.30. The first-order valence-corrected chi connectivity index (χ1v) is 6.77. The van der Waals surface area contributed by atoms with Crippen molar-refractivity contribution in [2.75, 3.05) is 13.1 Å². The molecule has 2 heterocycles. The Morgan fingerprint density at radius 1 is 1.16 bits per heavy atom. The third-order valence-electron chi connectivity index (χ3n) is 4.08. The van der Waals surface area contributed by atoms with E-state index in [1.807, 2.05) is 18.2 Å². The van der Waals surface area contributed by atoms with E-state index < -0.39 is 11.8 Å². The fourth-order valence-electron chi connectivity index (χ4n) is 3.09. The van der Waals surface area contributed by atoms with Gasteiger partial charge in [0.2, 0.25) is 0 Å². The molecule has 0 aliphatic carbocycles. The van der Waals surface area contributed by atoms with Crippen molar-refractivity contribution in [1.82, 2.24) is 10.3 Å². The highest BCUT2D eigenvalue weighted by Crippen LogP contribution is 2.44. The zero-order valence-corrected chi connectivity index (χ0v) is 11.0. The SMILES string of the molecule is Cc1[nH]c2ccccc2c1C(F)(F)C1CCNCC1. The summed E-state index contributed by atoms with van der Waals surface area (Å²) in [5.74, 6) is -3.32. The Bertz CT molecular complexity index is 583. The van der Waals surface area contributed by atoms with Crippen LogP contribution in [0, 0.1) is 12.8 Å². The molecule has 1 aromatic carbocycles. The van der Waals surface area contributed by atoms with E-state index in [4.69, 9.17) is 0 Å². The Morgan fingerprint density at radius 2 is 1.84 bits per heavy atom. The molecular weight excluding hydrogens is 246 g/mol. The van der Waals surface area contributed by atoms with Gasteiger partial charge < -0.3 is 10.3 Å². The molecule has 19 heavy (non-hydrogen) atoms. The number of aromatic amines is 1. The Balaban J connectivity index is 2.09. The molecule has 0 spiro atoms. The Kier molecular flexibility index (Phi) is 3.05. The molecule has 0 radical (unpaired) electrons. The largest absolute Gasteiger partial charge is 0.358 e. The molecule has 2 N–H and O–H groups in total. The second kappa shape index (κ2) is 4.60. The second-order valence-electron chi connectivity index (χ2n) is 5.32. The number of benzene rings is 1. The number of piperidine rings is 1. The number of hydrogen-bond donors (Lipinski definition) is 2. The molecule has 2 aromatic rings. The minimum absolute atomic E-state index is 0.190. The van der Waals surface area contributed by atoms with Crippen LogP contribution in [0.4, 0.5) is 8.78 Å². The number of nitrogens with one attached hydrogen (secondary N) is 2. The quantitative estimate of drug-likeness (QED) is 0.852. The van der Waals surface area contributed by atoms with Crippen molar-refractivity contribution < 1.29 is 8.78 Å². The number of rotatable bonds is 2. The predicted molar refractivity (Wildman–Crippen MR) is 72.5 cm³/mol. The molecule has 0 saturated carbocycles. The minimum Gasteiger partial charge on any atom is -0.358 e. The summed E-state index contributed by atoms with van der Waals surface area (Å²) in [6.45, 7) is 3.10. The standard InChI is InChI=1S/C15H18F2N2/c1-10-14(12-4-2-3-5-13(12)19-10)15(16,17)11-6-8-18-9-7-11/h2-5,11,18-19H,6-9H2,1H3. The predicted octanol–water partition coefficient (Wildman–Crippen LogP) is 3.57. The summed E-state index contributed by atoms with van der Waals surface area (Å²) in [5.41, 5.74) is 1.57. The van der Waals surface area contributed by atoms with Crippen molar-refractivity contribution in [1.29, 1.82) is 0 Å². The van der Waals surface area contributed by atoms with E-state index in [0.29, 0.717) is 37.0 Å². The molecule has 1 aliphatic rings. The van der Waals surface area contributed by atoms with Gasteiger partial charge in [-0.05, 0) is 38.9 Å².